The Balaban J connectivity index is 1.58. The summed E-state index contributed by atoms with van der Waals surface area (Å²) in [5, 5.41) is 15.5. The highest BCUT2D eigenvalue weighted by Gasteiger charge is 2.32. The van der Waals surface area contributed by atoms with Crippen molar-refractivity contribution in [2.24, 2.45) is 0 Å². The average molecular weight is 511 g/mol. The number of rotatable bonds is 10. The third kappa shape index (κ3) is 6.04. The molecule has 3 aromatic rings. The van der Waals surface area contributed by atoms with E-state index in [1.54, 1.807) is 31.4 Å². The maximum Gasteiger partial charge on any atom is 0.251 e. The third-order valence-electron chi connectivity index (χ3n) is 6.43. The molecule has 11 heteroatoms. The van der Waals surface area contributed by atoms with E-state index < -0.39 is 17.8 Å². The zero-order valence-electron chi connectivity index (χ0n) is 21.2. The lowest BCUT2D eigenvalue weighted by Gasteiger charge is -2.31. The molecule has 1 aliphatic rings. The molecule has 0 unspecified atom stereocenters. The van der Waals surface area contributed by atoms with Crippen molar-refractivity contribution in [3.05, 3.63) is 48.3 Å². The minimum Gasteiger partial charge on any atom is -0.493 e. The van der Waals surface area contributed by atoms with Gasteiger partial charge in [0.05, 0.1) is 14.2 Å². The smallest absolute Gasteiger partial charge is 0.251 e. The first-order valence-corrected chi connectivity index (χ1v) is 12.3. The van der Waals surface area contributed by atoms with Crippen molar-refractivity contribution in [3.8, 4) is 22.9 Å². The van der Waals surface area contributed by atoms with Gasteiger partial charge in [0, 0.05) is 17.3 Å². The Kier molecular flexibility index (Phi) is 8.32. The van der Waals surface area contributed by atoms with E-state index in [4.69, 9.17) is 9.47 Å². The molecule has 1 saturated carbocycles. The number of anilines is 1. The summed E-state index contributed by atoms with van der Waals surface area (Å²) in [6.45, 7) is 1.53. The van der Waals surface area contributed by atoms with Crippen LogP contribution < -0.4 is 19.7 Å². The molecule has 37 heavy (non-hydrogen) atoms. The third-order valence-corrected chi connectivity index (χ3v) is 6.43. The highest BCUT2D eigenvalue weighted by molar-refractivity contribution is 6.00. The van der Waals surface area contributed by atoms with E-state index >= 15 is 0 Å². The maximum atomic E-state index is 14.1. The molecule has 4 rings (SSSR count). The fraction of sp³-hybridized carbons (Fsp3) is 0.423. The lowest BCUT2D eigenvalue weighted by Crippen LogP contribution is -2.52. The first-order valence-electron chi connectivity index (χ1n) is 12.3. The number of nitrogens with zero attached hydrogens (tertiary/aromatic N) is 5. The van der Waals surface area contributed by atoms with Gasteiger partial charge in [0.2, 0.25) is 11.7 Å². The van der Waals surface area contributed by atoms with Crippen LogP contribution in [0.25, 0.3) is 11.4 Å². The molecule has 0 spiro atoms. The first kappa shape index (κ1) is 26.1. The van der Waals surface area contributed by atoms with Gasteiger partial charge < -0.3 is 14.8 Å². The van der Waals surface area contributed by atoms with Crippen molar-refractivity contribution in [3.63, 3.8) is 0 Å². The van der Waals surface area contributed by atoms with E-state index in [0.717, 1.165) is 30.5 Å². The van der Waals surface area contributed by atoms with Crippen molar-refractivity contribution in [1.29, 1.82) is 0 Å². The Bertz CT molecular complexity index is 1240. The van der Waals surface area contributed by atoms with Gasteiger partial charge in [-0.2, -0.15) is 4.80 Å². The molecule has 1 aromatic heterocycles. The summed E-state index contributed by atoms with van der Waals surface area (Å²) in [7, 11) is 3.07. The topological polar surface area (TPSA) is 111 Å². The van der Waals surface area contributed by atoms with Crippen molar-refractivity contribution < 1.29 is 23.5 Å². The molecule has 0 radical (unpaired) electrons. The number of benzene rings is 2. The average Bonchev–Trinajstić information content (AvgIpc) is 3.59. The van der Waals surface area contributed by atoms with Crippen LogP contribution in [0.15, 0.2) is 42.5 Å². The van der Waals surface area contributed by atoms with E-state index in [1.165, 1.54) is 30.2 Å². The van der Waals surface area contributed by atoms with Crippen molar-refractivity contribution in [1.82, 2.24) is 25.5 Å². The van der Waals surface area contributed by atoms with Gasteiger partial charge in [0.1, 0.15) is 18.4 Å². The largest absolute Gasteiger partial charge is 0.493 e. The van der Waals surface area contributed by atoms with Crippen LogP contribution in [0.1, 0.15) is 39.0 Å². The van der Waals surface area contributed by atoms with Crippen molar-refractivity contribution in [2.75, 3.05) is 19.1 Å². The number of nitrogens with one attached hydrogen (secondary N) is 1. The second kappa shape index (κ2) is 11.8. The van der Waals surface area contributed by atoms with E-state index in [-0.39, 0.29) is 24.3 Å². The predicted octanol–water partition coefficient (Wildman–Crippen LogP) is 3.37. The van der Waals surface area contributed by atoms with Crippen molar-refractivity contribution >= 4 is 17.5 Å². The normalized spacial score (nSPS) is 14.3. The van der Waals surface area contributed by atoms with Crippen LogP contribution in [0.3, 0.4) is 0 Å². The highest BCUT2D eigenvalue weighted by atomic mass is 19.1. The second-order valence-electron chi connectivity index (χ2n) is 8.87. The summed E-state index contributed by atoms with van der Waals surface area (Å²) in [4.78, 5) is 29.3. The number of amides is 2. The molecular weight excluding hydrogens is 479 g/mol. The van der Waals surface area contributed by atoms with Gasteiger partial charge in [0.15, 0.2) is 11.5 Å². The summed E-state index contributed by atoms with van der Waals surface area (Å²) in [6, 6.07) is 10.1. The van der Waals surface area contributed by atoms with E-state index in [1.807, 2.05) is 6.92 Å². The van der Waals surface area contributed by atoms with Gasteiger partial charge in [-0.1, -0.05) is 25.8 Å². The number of tetrazole rings is 1. The fourth-order valence-corrected chi connectivity index (χ4v) is 4.57. The molecule has 2 aromatic carbocycles. The Labute approximate surface area is 214 Å². The number of aromatic nitrogens is 4. The number of halogens is 1. The van der Waals surface area contributed by atoms with Crippen LogP contribution in [0.2, 0.25) is 0 Å². The van der Waals surface area contributed by atoms with Crippen LogP contribution in [0.4, 0.5) is 10.1 Å². The number of methoxy groups -OCH3 is 2. The summed E-state index contributed by atoms with van der Waals surface area (Å²) in [6.07, 6.45) is 4.31. The van der Waals surface area contributed by atoms with E-state index in [9.17, 15) is 14.0 Å². The minimum absolute atomic E-state index is 0.0899. The summed E-state index contributed by atoms with van der Waals surface area (Å²) >= 11 is 0. The molecule has 1 aliphatic carbocycles. The number of hydrogen-bond acceptors (Lipinski definition) is 7. The van der Waals surface area contributed by atoms with Gasteiger partial charge in [-0.25, -0.2) is 4.39 Å². The van der Waals surface area contributed by atoms with Gasteiger partial charge >= 0.3 is 0 Å². The summed E-state index contributed by atoms with van der Waals surface area (Å²) in [5.74, 6) is 0.123. The number of ether oxygens (including phenoxy) is 2. The standard InChI is InChI=1S/C26H31FN6O4/c1-4-21(26(35)28-19-9-5-6-10-19)33(20-11-7-8-18(27)15-20)24(34)16-32-30-25(29-31-32)17-12-13-22(36-2)23(14-17)37-3/h7-8,11-15,19,21H,4-6,9-10,16H2,1-3H3,(H,28,35)/t21-/m1/s1. The number of hydrogen-bond donors (Lipinski definition) is 1. The minimum atomic E-state index is -0.816. The van der Waals surface area contributed by atoms with Gasteiger partial charge in [-0.3, -0.25) is 14.5 Å². The lowest BCUT2D eigenvalue weighted by molar-refractivity contribution is -0.127. The Morgan fingerprint density at radius 3 is 2.57 bits per heavy atom. The zero-order valence-corrected chi connectivity index (χ0v) is 21.2. The van der Waals surface area contributed by atoms with Gasteiger partial charge in [-0.15, -0.1) is 10.2 Å². The van der Waals surface area contributed by atoms with E-state index in [0.29, 0.717) is 29.2 Å². The molecule has 1 fully saturated rings. The fourth-order valence-electron chi connectivity index (χ4n) is 4.57. The van der Waals surface area contributed by atoms with Crippen LogP contribution in [-0.2, 0) is 16.1 Å². The van der Waals surface area contributed by atoms with Crippen LogP contribution in [0, 0.1) is 5.82 Å². The Morgan fingerprint density at radius 1 is 1.14 bits per heavy atom. The Hall–Kier alpha value is -4.02. The number of carbonyl (C=O) groups excluding carboxylic acids is 2. The molecule has 0 bridgehead atoms. The molecule has 2 amide bonds. The Morgan fingerprint density at radius 2 is 1.89 bits per heavy atom. The molecule has 1 atom stereocenters. The zero-order chi connectivity index (χ0) is 26.4. The molecule has 0 aliphatic heterocycles. The van der Waals surface area contributed by atoms with Crippen molar-refractivity contribution in [2.45, 2.75) is 57.7 Å². The first-order chi connectivity index (χ1) is 17.9. The molecule has 196 valence electrons. The highest BCUT2D eigenvalue weighted by Crippen LogP contribution is 2.31. The molecule has 0 saturated heterocycles. The molecule has 1 N–H and O–H groups in total. The van der Waals surface area contributed by atoms with Crippen LogP contribution >= 0.6 is 0 Å². The second-order valence-corrected chi connectivity index (χ2v) is 8.87. The summed E-state index contributed by atoms with van der Waals surface area (Å²) < 4.78 is 24.7. The van der Waals surface area contributed by atoms with Crippen LogP contribution in [0.5, 0.6) is 11.5 Å². The maximum absolute atomic E-state index is 14.1. The lowest BCUT2D eigenvalue weighted by atomic mass is 10.1. The predicted molar refractivity (Wildman–Crippen MR) is 135 cm³/mol. The monoisotopic (exact) mass is 510 g/mol. The SMILES string of the molecule is CC[C@H](C(=O)NC1CCCC1)N(C(=O)Cn1nnc(-c2ccc(OC)c(OC)c2)n1)c1cccc(F)c1. The van der Waals surface area contributed by atoms with Gasteiger partial charge in [0.25, 0.3) is 5.91 Å². The number of carbonyl (C=O) groups is 2. The summed E-state index contributed by atoms with van der Waals surface area (Å²) in [5.41, 5.74) is 0.916. The molecule has 10 nitrogen and oxygen atoms in total. The van der Waals surface area contributed by atoms with Crippen LogP contribution in [-0.4, -0.2) is 58.3 Å². The molecule has 1 heterocycles. The molecular formula is C26H31FN6O4. The van der Waals surface area contributed by atoms with Gasteiger partial charge in [-0.05, 0) is 60.9 Å². The van der Waals surface area contributed by atoms with E-state index in [2.05, 4.69) is 20.7 Å². The quantitative estimate of drug-likeness (QED) is 0.445.